The van der Waals surface area contributed by atoms with Gasteiger partial charge in [0, 0.05) is 22.5 Å². The van der Waals surface area contributed by atoms with Crippen molar-refractivity contribution in [2.24, 2.45) is 0 Å². The summed E-state index contributed by atoms with van der Waals surface area (Å²) in [6.45, 7) is 0. The molecule has 4 nitrogen and oxygen atoms in total. The van der Waals surface area contributed by atoms with Crippen LogP contribution in [-0.4, -0.2) is 17.1 Å². The van der Waals surface area contributed by atoms with Gasteiger partial charge in [0.25, 0.3) is 0 Å². The summed E-state index contributed by atoms with van der Waals surface area (Å²) in [6.07, 6.45) is -3.28. The summed E-state index contributed by atoms with van der Waals surface area (Å²) in [5.41, 5.74) is 0.200. The maximum atomic E-state index is 12.8. The van der Waals surface area contributed by atoms with Crippen LogP contribution in [0.1, 0.15) is 16.8 Å². The highest BCUT2D eigenvalue weighted by Gasteiger charge is 2.32. The van der Waals surface area contributed by atoms with Crippen molar-refractivity contribution in [3.8, 4) is 5.88 Å². The van der Waals surface area contributed by atoms with Crippen LogP contribution in [0.4, 0.5) is 13.2 Å². The van der Waals surface area contributed by atoms with E-state index in [1.165, 1.54) is 13.2 Å². The van der Waals surface area contributed by atoms with Crippen LogP contribution >= 0.6 is 15.9 Å². The van der Waals surface area contributed by atoms with Gasteiger partial charge in [-0.05, 0) is 29.8 Å². The van der Waals surface area contributed by atoms with Crippen molar-refractivity contribution < 1.29 is 17.9 Å². The quantitative estimate of drug-likeness (QED) is 0.697. The number of pyridine rings is 2. The average molecular weight is 413 g/mol. The molecule has 25 heavy (non-hydrogen) atoms. The Morgan fingerprint density at radius 2 is 2.00 bits per heavy atom. The number of H-pyrrole nitrogens is 1. The second kappa shape index (κ2) is 6.51. The molecule has 0 spiro atoms. The summed E-state index contributed by atoms with van der Waals surface area (Å²) in [7, 11) is 1.42. The molecule has 3 aromatic rings. The minimum absolute atomic E-state index is 0.103. The van der Waals surface area contributed by atoms with E-state index in [0.29, 0.717) is 22.0 Å². The smallest absolute Gasteiger partial charge is 0.433 e. The highest BCUT2D eigenvalue weighted by atomic mass is 79.9. The van der Waals surface area contributed by atoms with Crippen molar-refractivity contribution >= 4 is 26.8 Å². The molecule has 1 aromatic carbocycles. The molecular formula is C17H12BrF3N2O2. The standard InChI is InChI=1S/C17H12BrF3N2O2/c1-25-16-12(6-9-2-5-14(22-8-9)17(19,20)21)15(24)11-7-10(18)3-4-13(11)23-16/h2-5,7-8H,6H2,1H3,(H,23,24). The summed E-state index contributed by atoms with van der Waals surface area (Å²) >= 11 is 3.32. The average Bonchev–Trinajstić information content (AvgIpc) is 2.57. The van der Waals surface area contributed by atoms with Crippen LogP contribution in [0.25, 0.3) is 10.9 Å². The number of nitrogens with one attached hydrogen (secondary N) is 1. The van der Waals surface area contributed by atoms with Gasteiger partial charge < -0.3 is 9.72 Å². The number of methoxy groups -OCH3 is 1. The molecule has 0 aliphatic rings. The Balaban J connectivity index is 2.06. The Morgan fingerprint density at radius 3 is 2.60 bits per heavy atom. The van der Waals surface area contributed by atoms with E-state index in [1.54, 1.807) is 18.2 Å². The Hall–Kier alpha value is -2.35. The van der Waals surface area contributed by atoms with Crippen molar-refractivity contribution in [3.63, 3.8) is 0 Å². The van der Waals surface area contributed by atoms with Crippen LogP contribution < -0.4 is 10.2 Å². The maximum absolute atomic E-state index is 12.8. The Bertz CT molecular complexity index is 982. The Kier molecular flexibility index (Phi) is 4.55. The summed E-state index contributed by atoms with van der Waals surface area (Å²) in [6, 6.07) is 7.42. The first-order valence-electron chi connectivity index (χ1n) is 7.20. The highest BCUT2D eigenvalue weighted by Crippen LogP contribution is 2.28. The number of hydrogen-bond acceptors (Lipinski definition) is 3. The van der Waals surface area contributed by atoms with E-state index in [-0.39, 0.29) is 17.7 Å². The number of halogens is 4. The lowest BCUT2D eigenvalue weighted by molar-refractivity contribution is -0.141. The molecule has 0 atom stereocenters. The van der Waals surface area contributed by atoms with E-state index in [0.717, 1.165) is 16.7 Å². The molecule has 0 bridgehead atoms. The zero-order valence-electron chi connectivity index (χ0n) is 12.9. The largest absolute Gasteiger partial charge is 0.482 e. The fraction of sp³-hybridized carbons (Fsp3) is 0.176. The molecule has 0 fully saturated rings. The SMILES string of the molecule is COc1[nH]c2ccc(Br)cc2c(=O)c1Cc1ccc(C(F)(F)F)nc1. The number of ether oxygens (including phenoxy) is 1. The molecule has 1 N–H and O–H groups in total. The van der Waals surface area contributed by atoms with Crippen molar-refractivity contribution in [2.45, 2.75) is 12.6 Å². The van der Waals surface area contributed by atoms with Gasteiger partial charge >= 0.3 is 6.18 Å². The molecule has 130 valence electrons. The summed E-state index contributed by atoms with van der Waals surface area (Å²) in [5.74, 6) is 0.278. The molecule has 0 unspecified atom stereocenters. The zero-order chi connectivity index (χ0) is 18.2. The van der Waals surface area contributed by atoms with Gasteiger partial charge in [0.05, 0.1) is 18.2 Å². The Morgan fingerprint density at radius 1 is 1.24 bits per heavy atom. The molecular weight excluding hydrogens is 401 g/mol. The first-order valence-corrected chi connectivity index (χ1v) is 7.99. The number of nitrogens with zero attached hydrogens (tertiary/aromatic N) is 1. The van der Waals surface area contributed by atoms with Gasteiger partial charge in [0.1, 0.15) is 5.69 Å². The molecule has 0 amide bonds. The van der Waals surface area contributed by atoms with Gasteiger partial charge in [0.2, 0.25) is 0 Å². The van der Waals surface area contributed by atoms with Crippen LogP contribution in [0.15, 0.2) is 45.8 Å². The second-order valence-corrected chi connectivity index (χ2v) is 6.30. The van der Waals surface area contributed by atoms with E-state index in [9.17, 15) is 18.0 Å². The molecule has 0 aliphatic carbocycles. The van der Waals surface area contributed by atoms with Crippen LogP contribution in [0, 0.1) is 0 Å². The summed E-state index contributed by atoms with van der Waals surface area (Å²) in [4.78, 5) is 19.2. The van der Waals surface area contributed by atoms with Gasteiger partial charge in [0.15, 0.2) is 11.3 Å². The maximum Gasteiger partial charge on any atom is 0.433 e. The molecule has 8 heteroatoms. The van der Waals surface area contributed by atoms with E-state index in [2.05, 4.69) is 25.9 Å². The molecule has 0 aliphatic heterocycles. The van der Waals surface area contributed by atoms with E-state index >= 15 is 0 Å². The third-order valence-electron chi connectivity index (χ3n) is 3.72. The van der Waals surface area contributed by atoms with E-state index < -0.39 is 11.9 Å². The minimum atomic E-state index is -4.50. The zero-order valence-corrected chi connectivity index (χ0v) is 14.5. The number of aromatic nitrogens is 2. The molecule has 3 rings (SSSR count). The van der Waals surface area contributed by atoms with E-state index in [1.807, 2.05) is 0 Å². The number of hydrogen-bond donors (Lipinski definition) is 1. The third kappa shape index (κ3) is 3.53. The van der Waals surface area contributed by atoms with Gasteiger partial charge in [-0.3, -0.25) is 9.78 Å². The highest BCUT2D eigenvalue weighted by molar-refractivity contribution is 9.10. The van der Waals surface area contributed by atoms with Crippen LogP contribution in [0.5, 0.6) is 5.88 Å². The number of fused-ring (bicyclic) bond motifs is 1. The number of benzene rings is 1. The molecule has 2 aromatic heterocycles. The lowest BCUT2D eigenvalue weighted by Crippen LogP contribution is -2.14. The van der Waals surface area contributed by atoms with Crippen molar-refractivity contribution in [1.82, 2.24) is 9.97 Å². The van der Waals surface area contributed by atoms with E-state index in [4.69, 9.17) is 4.74 Å². The van der Waals surface area contributed by atoms with Crippen molar-refractivity contribution in [2.75, 3.05) is 7.11 Å². The minimum Gasteiger partial charge on any atom is -0.482 e. The van der Waals surface area contributed by atoms with Gasteiger partial charge in [-0.2, -0.15) is 13.2 Å². The number of aromatic amines is 1. The fourth-order valence-corrected chi connectivity index (χ4v) is 2.87. The van der Waals surface area contributed by atoms with Crippen molar-refractivity contribution in [3.05, 3.63) is 68.0 Å². The van der Waals surface area contributed by atoms with Crippen LogP contribution in [-0.2, 0) is 12.6 Å². The molecule has 2 heterocycles. The van der Waals surface area contributed by atoms with Gasteiger partial charge in [-0.15, -0.1) is 0 Å². The molecule has 0 saturated carbocycles. The number of rotatable bonds is 3. The predicted molar refractivity (Wildman–Crippen MR) is 90.9 cm³/mol. The first kappa shape index (κ1) is 17.5. The van der Waals surface area contributed by atoms with Crippen LogP contribution in [0.2, 0.25) is 0 Å². The summed E-state index contributed by atoms with van der Waals surface area (Å²) in [5, 5.41) is 0.463. The lowest BCUT2D eigenvalue weighted by atomic mass is 10.0. The topological polar surface area (TPSA) is 55.0 Å². The first-order chi connectivity index (χ1) is 11.8. The van der Waals surface area contributed by atoms with Gasteiger partial charge in [-0.25, -0.2) is 0 Å². The lowest BCUT2D eigenvalue weighted by Gasteiger charge is -2.11. The van der Waals surface area contributed by atoms with Crippen LogP contribution in [0.3, 0.4) is 0 Å². The summed E-state index contributed by atoms with van der Waals surface area (Å²) < 4.78 is 43.8. The Labute approximate surface area is 148 Å². The second-order valence-electron chi connectivity index (χ2n) is 5.38. The predicted octanol–water partition coefficient (Wildman–Crippen LogP) is 4.30. The normalized spacial score (nSPS) is 11.7. The third-order valence-corrected chi connectivity index (χ3v) is 4.22. The monoisotopic (exact) mass is 412 g/mol. The molecule has 0 radical (unpaired) electrons. The van der Waals surface area contributed by atoms with Crippen molar-refractivity contribution in [1.29, 1.82) is 0 Å². The fourth-order valence-electron chi connectivity index (χ4n) is 2.51. The number of alkyl halides is 3. The van der Waals surface area contributed by atoms with Gasteiger partial charge in [-0.1, -0.05) is 22.0 Å². The molecule has 0 saturated heterocycles.